The topological polar surface area (TPSA) is 85.9 Å². The maximum absolute atomic E-state index is 10.6. The van der Waals surface area contributed by atoms with Gasteiger partial charge in [0.15, 0.2) is 0 Å². The summed E-state index contributed by atoms with van der Waals surface area (Å²) in [4.78, 5) is 14.2. The molecule has 0 aliphatic rings. The lowest BCUT2D eigenvalue weighted by atomic mass is 10.2. The number of hydrogen-bond acceptors (Lipinski definition) is 5. The van der Waals surface area contributed by atoms with E-state index in [4.69, 9.17) is 0 Å². The van der Waals surface area contributed by atoms with E-state index in [1.165, 1.54) is 12.3 Å². The smallest absolute Gasteiger partial charge is 0.287 e. The molecule has 0 fully saturated rings. The van der Waals surface area contributed by atoms with E-state index in [0.717, 1.165) is 16.9 Å². The molecule has 7 nitrogen and oxygen atoms in total. The van der Waals surface area contributed by atoms with Gasteiger partial charge in [-0.1, -0.05) is 18.2 Å². The Balaban J connectivity index is 1.77. The Hall–Kier alpha value is -3.22. The molecule has 1 N–H and O–H groups in total. The van der Waals surface area contributed by atoms with Crippen LogP contribution in [-0.2, 0) is 6.54 Å². The minimum Gasteiger partial charge on any atom is -0.366 e. The third-order valence-electron chi connectivity index (χ3n) is 3.38. The number of nitrogens with one attached hydrogen (secondary N) is 1. The second-order valence-electron chi connectivity index (χ2n) is 5.04. The molecule has 0 unspecified atom stereocenters. The van der Waals surface area contributed by atoms with Crippen LogP contribution in [0.15, 0.2) is 54.9 Å². The molecule has 2 aromatic heterocycles. The molecule has 2 heterocycles. The fourth-order valence-electron chi connectivity index (χ4n) is 2.22. The molecule has 3 aromatic rings. The molecule has 0 saturated heterocycles. The van der Waals surface area contributed by atoms with Crippen molar-refractivity contribution >= 4 is 11.5 Å². The average Bonchev–Trinajstić information content (AvgIpc) is 3.00. The van der Waals surface area contributed by atoms with Crippen LogP contribution in [0.25, 0.3) is 5.69 Å². The van der Waals surface area contributed by atoms with Crippen molar-refractivity contribution in [3.8, 4) is 5.69 Å². The van der Waals surface area contributed by atoms with Crippen molar-refractivity contribution in [2.24, 2.45) is 0 Å². The van der Waals surface area contributed by atoms with E-state index in [-0.39, 0.29) is 5.69 Å². The van der Waals surface area contributed by atoms with Crippen molar-refractivity contribution in [2.75, 3.05) is 5.32 Å². The predicted octanol–water partition coefficient (Wildman–Crippen LogP) is 3.10. The predicted molar refractivity (Wildman–Crippen MR) is 86.5 cm³/mol. The van der Waals surface area contributed by atoms with Crippen LogP contribution in [0.5, 0.6) is 0 Å². The van der Waals surface area contributed by atoms with Crippen LogP contribution >= 0.6 is 0 Å². The van der Waals surface area contributed by atoms with Gasteiger partial charge in [-0.3, -0.25) is 10.1 Å². The van der Waals surface area contributed by atoms with Gasteiger partial charge >= 0.3 is 0 Å². The zero-order chi connectivity index (χ0) is 16.2. The zero-order valence-corrected chi connectivity index (χ0v) is 12.5. The molecular weight excluding hydrogens is 294 g/mol. The van der Waals surface area contributed by atoms with Gasteiger partial charge in [0.2, 0.25) is 0 Å². The van der Waals surface area contributed by atoms with E-state index in [1.54, 1.807) is 6.07 Å². The largest absolute Gasteiger partial charge is 0.366 e. The summed E-state index contributed by atoms with van der Waals surface area (Å²) in [5.41, 5.74) is 2.96. The minimum atomic E-state index is -0.466. The number of hydrogen-bond donors (Lipinski definition) is 1. The van der Waals surface area contributed by atoms with E-state index >= 15 is 0 Å². The summed E-state index contributed by atoms with van der Waals surface area (Å²) in [6, 6.07) is 12.9. The van der Waals surface area contributed by atoms with Gasteiger partial charge in [-0.15, -0.1) is 0 Å². The number of anilines is 1. The third kappa shape index (κ3) is 3.34. The van der Waals surface area contributed by atoms with Crippen LogP contribution < -0.4 is 5.32 Å². The molecule has 116 valence electrons. The first-order valence-electron chi connectivity index (χ1n) is 7.08. The van der Waals surface area contributed by atoms with E-state index in [2.05, 4.69) is 15.4 Å². The normalized spacial score (nSPS) is 10.5. The molecule has 0 saturated carbocycles. The van der Waals surface area contributed by atoms with Crippen LogP contribution in [0.4, 0.5) is 11.5 Å². The maximum atomic E-state index is 10.6. The Morgan fingerprint density at radius 1 is 1.22 bits per heavy atom. The van der Waals surface area contributed by atoms with E-state index in [0.29, 0.717) is 12.4 Å². The SMILES string of the molecule is Cc1ccn(-c2ccccc2CNc2ccc([N+](=O)[O-])cn2)n1. The lowest BCUT2D eigenvalue weighted by Gasteiger charge is -2.11. The fourth-order valence-corrected chi connectivity index (χ4v) is 2.22. The highest BCUT2D eigenvalue weighted by molar-refractivity contribution is 5.45. The minimum absolute atomic E-state index is 0.0250. The number of pyridine rings is 1. The second-order valence-corrected chi connectivity index (χ2v) is 5.04. The number of para-hydroxylation sites is 1. The fraction of sp³-hybridized carbons (Fsp3) is 0.125. The highest BCUT2D eigenvalue weighted by Crippen LogP contribution is 2.17. The van der Waals surface area contributed by atoms with Gasteiger partial charge < -0.3 is 5.32 Å². The first-order valence-corrected chi connectivity index (χ1v) is 7.08. The van der Waals surface area contributed by atoms with E-state index in [1.807, 2.05) is 48.1 Å². The molecule has 3 rings (SSSR count). The lowest BCUT2D eigenvalue weighted by molar-refractivity contribution is -0.385. The van der Waals surface area contributed by atoms with Crippen molar-refractivity contribution in [3.63, 3.8) is 0 Å². The van der Waals surface area contributed by atoms with Crippen molar-refractivity contribution in [1.29, 1.82) is 0 Å². The van der Waals surface area contributed by atoms with Gasteiger partial charge in [0.1, 0.15) is 12.0 Å². The molecule has 0 spiro atoms. The molecule has 1 aromatic carbocycles. The molecule has 0 atom stereocenters. The van der Waals surface area contributed by atoms with Crippen LogP contribution in [0.3, 0.4) is 0 Å². The summed E-state index contributed by atoms with van der Waals surface area (Å²) in [5.74, 6) is 0.585. The molecule has 0 amide bonds. The highest BCUT2D eigenvalue weighted by Gasteiger charge is 2.07. The summed E-state index contributed by atoms with van der Waals surface area (Å²) in [6.45, 7) is 2.48. The number of benzene rings is 1. The first kappa shape index (κ1) is 14.7. The van der Waals surface area contributed by atoms with Crippen molar-refractivity contribution in [1.82, 2.24) is 14.8 Å². The number of aromatic nitrogens is 3. The van der Waals surface area contributed by atoms with E-state index < -0.39 is 4.92 Å². The van der Waals surface area contributed by atoms with Crippen molar-refractivity contribution in [2.45, 2.75) is 13.5 Å². The Labute approximate surface area is 132 Å². The number of aryl methyl sites for hydroxylation is 1. The van der Waals surface area contributed by atoms with Crippen LogP contribution in [0.1, 0.15) is 11.3 Å². The molecule has 23 heavy (non-hydrogen) atoms. The zero-order valence-electron chi connectivity index (χ0n) is 12.5. The van der Waals surface area contributed by atoms with Crippen LogP contribution in [0.2, 0.25) is 0 Å². The van der Waals surface area contributed by atoms with Gasteiger partial charge in [0, 0.05) is 18.8 Å². The van der Waals surface area contributed by atoms with Crippen LogP contribution in [-0.4, -0.2) is 19.7 Å². The number of rotatable bonds is 5. The Kier molecular flexibility index (Phi) is 4.01. The molecule has 7 heteroatoms. The maximum Gasteiger partial charge on any atom is 0.287 e. The molecular formula is C16H15N5O2. The highest BCUT2D eigenvalue weighted by atomic mass is 16.6. The van der Waals surface area contributed by atoms with Gasteiger partial charge in [-0.25, -0.2) is 9.67 Å². The average molecular weight is 309 g/mol. The number of nitrogens with zero attached hydrogens (tertiary/aromatic N) is 4. The van der Waals surface area contributed by atoms with Crippen molar-refractivity contribution < 1.29 is 4.92 Å². The monoisotopic (exact) mass is 309 g/mol. The summed E-state index contributed by atoms with van der Waals surface area (Å²) < 4.78 is 1.83. The Morgan fingerprint density at radius 3 is 2.70 bits per heavy atom. The van der Waals surface area contributed by atoms with Gasteiger partial charge in [-0.05, 0) is 30.7 Å². The van der Waals surface area contributed by atoms with E-state index in [9.17, 15) is 10.1 Å². The molecule has 0 aliphatic heterocycles. The number of nitro groups is 1. The Bertz CT molecular complexity index is 826. The summed E-state index contributed by atoms with van der Waals surface area (Å²) in [6.07, 6.45) is 3.16. The second kappa shape index (κ2) is 6.27. The summed E-state index contributed by atoms with van der Waals surface area (Å²) >= 11 is 0. The third-order valence-corrected chi connectivity index (χ3v) is 3.38. The van der Waals surface area contributed by atoms with Gasteiger partial charge in [-0.2, -0.15) is 5.10 Å². The lowest BCUT2D eigenvalue weighted by Crippen LogP contribution is -2.06. The first-order chi connectivity index (χ1) is 11.1. The molecule has 0 bridgehead atoms. The summed E-state index contributed by atoms with van der Waals surface area (Å²) in [7, 11) is 0. The van der Waals surface area contributed by atoms with Gasteiger partial charge in [0.25, 0.3) is 5.69 Å². The van der Waals surface area contributed by atoms with Gasteiger partial charge in [0.05, 0.1) is 16.3 Å². The Morgan fingerprint density at radius 2 is 2.04 bits per heavy atom. The summed E-state index contributed by atoms with van der Waals surface area (Å²) in [5, 5.41) is 18.2. The van der Waals surface area contributed by atoms with Crippen molar-refractivity contribution in [3.05, 3.63) is 76.2 Å². The standard InChI is InChI=1S/C16H15N5O2/c1-12-8-9-20(19-12)15-5-3-2-4-13(15)10-17-16-7-6-14(11-18-16)21(22)23/h2-9,11H,10H2,1H3,(H,17,18). The molecule has 0 radical (unpaired) electrons. The quantitative estimate of drug-likeness (QED) is 0.578. The molecule has 0 aliphatic carbocycles. The van der Waals surface area contributed by atoms with Crippen LogP contribution in [0, 0.1) is 17.0 Å².